The molecular formula is C31H27ClN6O3. The fraction of sp³-hybridized carbons (Fsp3) is 0.129. The summed E-state index contributed by atoms with van der Waals surface area (Å²) in [5.41, 5.74) is 2.81. The molecule has 0 spiro atoms. The third-order valence-electron chi connectivity index (χ3n) is 6.38. The second-order valence-electron chi connectivity index (χ2n) is 9.13. The third-order valence-corrected chi connectivity index (χ3v) is 6.63. The highest BCUT2D eigenvalue weighted by atomic mass is 35.5. The highest BCUT2D eigenvalue weighted by Gasteiger charge is 2.33. The summed E-state index contributed by atoms with van der Waals surface area (Å²) in [5, 5.41) is 16.2. The first-order valence-electron chi connectivity index (χ1n) is 12.9. The molecule has 1 N–H and O–H groups in total. The Labute approximate surface area is 242 Å². The van der Waals surface area contributed by atoms with Crippen LogP contribution in [0.2, 0.25) is 5.02 Å². The van der Waals surface area contributed by atoms with Gasteiger partial charge in [-0.25, -0.2) is 0 Å². The maximum absolute atomic E-state index is 14.0. The quantitative estimate of drug-likeness (QED) is 0.252. The SMILES string of the molecule is COc1ccc([C@H](C(=O)NCc2ccccc2)N(C(=O)Cn2nnc(-c3ccc(Cl)cc3)n2)c2ccccc2)cc1. The summed E-state index contributed by atoms with van der Waals surface area (Å²) < 4.78 is 5.32. The van der Waals surface area contributed by atoms with E-state index in [1.165, 1.54) is 9.70 Å². The average Bonchev–Trinajstić information content (AvgIpc) is 3.48. The van der Waals surface area contributed by atoms with Gasteiger partial charge in [0.2, 0.25) is 11.7 Å². The number of benzene rings is 4. The lowest BCUT2D eigenvalue weighted by atomic mass is 10.0. The van der Waals surface area contributed by atoms with Crippen LogP contribution in [0.25, 0.3) is 11.4 Å². The van der Waals surface area contributed by atoms with Crippen LogP contribution in [0, 0.1) is 0 Å². The highest BCUT2D eigenvalue weighted by Crippen LogP contribution is 2.30. The standard InChI is InChI=1S/C31H27ClN6O3/c1-41-27-18-14-23(15-19-27)29(31(40)33-20-22-8-4-2-5-9-22)38(26-10-6-3-7-11-26)28(39)21-37-35-30(34-36-37)24-12-16-25(32)17-13-24/h2-19,29H,20-21H2,1H3,(H,33,40)/t29-/m1/s1. The van der Waals surface area contributed by atoms with Crippen molar-refractivity contribution in [2.24, 2.45) is 0 Å². The van der Waals surface area contributed by atoms with E-state index >= 15 is 0 Å². The third kappa shape index (κ3) is 6.77. The van der Waals surface area contributed by atoms with E-state index in [1.807, 2.05) is 48.5 Å². The van der Waals surface area contributed by atoms with Gasteiger partial charge in [-0.1, -0.05) is 72.3 Å². The lowest BCUT2D eigenvalue weighted by Crippen LogP contribution is -2.45. The normalized spacial score (nSPS) is 11.5. The number of nitrogens with zero attached hydrogens (tertiary/aromatic N) is 5. The molecule has 0 bridgehead atoms. The van der Waals surface area contributed by atoms with Crippen molar-refractivity contribution in [2.45, 2.75) is 19.1 Å². The number of amides is 2. The van der Waals surface area contributed by atoms with Crippen LogP contribution in [0.15, 0.2) is 109 Å². The summed E-state index contributed by atoms with van der Waals surface area (Å²) >= 11 is 5.99. The number of carbonyl (C=O) groups is 2. The molecule has 0 fully saturated rings. The highest BCUT2D eigenvalue weighted by molar-refractivity contribution is 6.30. The number of ether oxygens (including phenoxy) is 1. The lowest BCUT2D eigenvalue weighted by Gasteiger charge is -2.31. The van der Waals surface area contributed by atoms with Gasteiger partial charge < -0.3 is 10.1 Å². The molecule has 0 saturated heterocycles. The van der Waals surface area contributed by atoms with Crippen molar-refractivity contribution >= 4 is 29.1 Å². The number of tetrazole rings is 1. The van der Waals surface area contributed by atoms with Crippen molar-refractivity contribution in [3.05, 3.63) is 125 Å². The molecule has 0 radical (unpaired) electrons. The molecule has 1 aromatic heterocycles. The van der Waals surface area contributed by atoms with Gasteiger partial charge in [0, 0.05) is 22.8 Å². The minimum Gasteiger partial charge on any atom is -0.497 e. The van der Waals surface area contributed by atoms with Gasteiger partial charge in [0.25, 0.3) is 5.91 Å². The van der Waals surface area contributed by atoms with Crippen LogP contribution < -0.4 is 15.0 Å². The Hall–Kier alpha value is -5.02. The molecule has 10 heteroatoms. The van der Waals surface area contributed by atoms with Crippen LogP contribution in [-0.4, -0.2) is 39.1 Å². The number of halogens is 1. The molecule has 9 nitrogen and oxygen atoms in total. The zero-order chi connectivity index (χ0) is 28.6. The van der Waals surface area contributed by atoms with Gasteiger partial charge in [-0.15, -0.1) is 10.2 Å². The Morgan fingerprint density at radius 1 is 0.902 bits per heavy atom. The van der Waals surface area contributed by atoms with Gasteiger partial charge >= 0.3 is 0 Å². The Balaban J connectivity index is 1.48. The van der Waals surface area contributed by atoms with Gasteiger partial charge in [0.1, 0.15) is 18.3 Å². The molecule has 5 rings (SSSR count). The number of nitrogens with one attached hydrogen (secondary N) is 1. The summed E-state index contributed by atoms with van der Waals surface area (Å²) in [7, 11) is 1.57. The van der Waals surface area contributed by atoms with Crippen LogP contribution in [0.1, 0.15) is 17.2 Å². The van der Waals surface area contributed by atoms with E-state index in [2.05, 4.69) is 20.7 Å². The summed E-state index contributed by atoms with van der Waals surface area (Å²) in [6.45, 7) is 0.0618. The first-order chi connectivity index (χ1) is 20.0. The Morgan fingerprint density at radius 3 is 2.22 bits per heavy atom. The van der Waals surface area contributed by atoms with E-state index < -0.39 is 11.9 Å². The van der Waals surface area contributed by atoms with Gasteiger partial charge in [-0.05, 0) is 64.9 Å². The number of para-hydroxylation sites is 1. The number of carbonyl (C=O) groups excluding carboxylic acids is 2. The summed E-state index contributed by atoms with van der Waals surface area (Å²) in [6, 6.07) is 31.7. The van der Waals surface area contributed by atoms with E-state index in [-0.39, 0.29) is 12.5 Å². The predicted molar refractivity (Wildman–Crippen MR) is 156 cm³/mol. The topological polar surface area (TPSA) is 102 Å². The first kappa shape index (κ1) is 27.5. The van der Waals surface area contributed by atoms with Gasteiger partial charge in [-0.2, -0.15) is 4.80 Å². The zero-order valence-electron chi connectivity index (χ0n) is 22.2. The molecule has 0 aliphatic heterocycles. The number of methoxy groups -OCH3 is 1. The predicted octanol–water partition coefficient (Wildman–Crippen LogP) is 5.09. The van der Waals surface area contributed by atoms with Gasteiger partial charge in [-0.3, -0.25) is 14.5 Å². The maximum Gasteiger partial charge on any atom is 0.251 e. The minimum absolute atomic E-state index is 0.242. The van der Waals surface area contributed by atoms with Crippen molar-refractivity contribution in [1.29, 1.82) is 0 Å². The fourth-order valence-electron chi connectivity index (χ4n) is 4.33. The number of anilines is 1. The van der Waals surface area contributed by atoms with Crippen molar-refractivity contribution in [3.8, 4) is 17.1 Å². The van der Waals surface area contributed by atoms with E-state index in [9.17, 15) is 9.59 Å². The molecule has 2 amide bonds. The second kappa shape index (κ2) is 12.9. The Kier molecular flexibility index (Phi) is 8.66. The summed E-state index contributed by atoms with van der Waals surface area (Å²) in [6.07, 6.45) is 0. The summed E-state index contributed by atoms with van der Waals surface area (Å²) in [4.78, 5) is 30.5. The number of hydrogen-bond donors (Lipinski definition) is 1. The lowest BCUT2D eigenvalue weighted by molar-refractivity contribution is -0.127. The molecule has 0 saturated carbocycles. The van der Waals surface area contributed by atoms with Gasteiger partial charge in [0.05, 0.1) is 7.11 Å². The molecule has 1 atom stereocenters. The molecule has 0 unspecified atom stereocenters. The second-order valence-corrected chi connectivity index (χ2v) is 9.57. The molecule has 206 valence electrons. The summed E-state index contributed by atoms with van der Waals surface area (Å²) in [5.74, 6) is 0.251. The fourth-order valence-corrected chi connectivity index (χ4v) is 4.46. The van der Waals surface area contributed by atoms with Crippen LogP contribution in [0.5, 0.6) is 5.75 Å². The number of rotatable bonds is 10. The van der Waals surface area contributed by atoms with E-state index in [0.717, 1.165) is 5.56 Å². The molecule has 5 aromatic rings. The maximum atomic E-state index is 14.0. The van der Waals surface area contributed by atoms with Crippen LogP contribution in [0.3, 0.4) is 0 Å². The smallest absolute Gasteiger partial charge is 0.251 e. The Morgan fingerprint density at radius 2 is 1.56 bits per heavy atom. The minimum atomic E-state index is -0.987. The molecule has 4 aromatic carbocycles. The molecule has 1 heterocycles. The van der Waals surface area contributed by atoms with Crippen molar-refractivity contribution < 1.29 is 14.3 Å². The molecule has 41 heavy (non-hydrogen) atoms. The molecule has 0 aliphatic rings. The van der Waals surface area contributed by atoms with Crippen LogP contribution in [-0.2, 0) is 22.7 Å². The van der Waals surface area contributed by atoms with Crippen LogP contribution >= 0.6 is 11.6 Å². The van der Waals surface area contributed by atoms with Crippen molar-refractivity contribution in [1.82, 2.24) is 25.5 Å². The largest absolute Gasteiger partial charge is 0.497 e. The molecular weight excluding hydrogens is 540 g/mol. The average molecular weight is 567 g/mol. The monoisotopic (exact) mass is 566 g/mol. The van der Waals surface area contributed by atoms with Gasteiger partial charge in [0.15, 0.2) is 0 Å². The van der Waals surface area contributed by atoms with Crippen molar-refractivity contribution in [2.75, 3.05) is 12.0 Å². The molecule has 0 aliphatic carbocycles. The van der Waals surface area contributed by atoms with E-state index in [0.29, 0.717) is 40.0 Å². The number of aromatic nitrogens is 4. The van der Waals surface area contributed by atoms with E-state index in [4.69, 9.17) is 16.3 Å². The number of hydrogen-bond acceptors (Lipinski definition) is 6. The Bertz CT molecular complexity index is 1590. The first-order valence-corrected chi connectivity index (χ1v) is 13.3. The van der Waals surface area contributed by atoms with E-state index in [1.54, 1.807) is 67.8 Å². The van der Waals surface area contributed by atoms with Crippen molar-refractivity contribution in [3.63, 3.8) is 0 Å². The zero-order valence-corrected chi connectivity index (χ0v) is 23.0. The van der Waals surface area contributed by atoms with Crippen LogP contribution in [0.4, 0.5) is 5.69 Å².